The summed E-state index contributed by atoms with van der Waals surface area (Å²) in [5, 5.41) is 0. The van der Waals surface area contributed by atoms with Crippen LogP contribution in [-0.2, 0) is 0 Å². The van der Waals surface area contributed by atoms with E-state index in [1.54, 1.807) is 0 Å². The molecule has 0 N–H and O–H groups in total. The van der Waals surface area contributed by atoms with Gasteiger partial charge in [0.15, 0.2) is 12.3 Å². The number of rotatable bonds is 0. The highest BCUT2D eigenvalue weighted by atomic mass is 19.3. The molecule has 2 unspecified atom stereocenters. The van der Waals surface area contributed by atoms with Crippen molar-refractivity contribution in [1.29, 1.82) is 0 Å². The van der Waals surface area contributed by atoms with Gasteiger partial charge in [-0.3, -0.25) is 0 Å². The van der Waals surface area contributed by atoms with E-state index in [0.717, 1.165) is 0 Å². The Morgan fingerprint density at radius 3 is 0.778 bits per heavy atom. The largest absolute Gasteiger partial charge is 0.340 e. The third-order valence-electron chi connectivity index (χ3n) is 2.63. The van der Waals surface area contributed by atoms with Crippen LogP contribution >= 0.6 is 0 Å². The second-order valence-corrected chi connectivity index (χ2v) is 4.00. The molecule has 0 radical (unpaired) electrons. The Morgan fingerprint density at radius 2 is 0.778 bits per heavy atom. The van der Waals surface area contributed by atoms with Crippen LogP contribution in [0.3, 0.4) is 0 Å². The van der Waals surface area contributed by atoms with E-state index in [-0.39, 0.29) is 0 Å². The maximum Gasteiger partial charge on any atom is 0.340 e. The summed E-state index contributed by atoms with van der Waals surface area (Å²) in [5.74, 6) is -17.1. The summed E-state index contributed by atoms with van der Waals surface area (Å²) in [6, 6.07) is 0. The van der Waals surface area contributed by atoms with E-state index in [2.05, 4.69) is 0 Å². The van der Waals surface area contributed by atoms with Gasteiger partial charge in [0.1, 0.15) is 0 Å². The zero-order valence-electron chi connectivity index (χ0n) is 8.35. The molecule has 10 heteroatoms. The molecule has 2 aliphatic carbocycles. The molecule has 2 saturated carbocycles. The second-order valence-electron chi connectivity index (χ2n) is 4.00. The minimum atomic E-state index is -4.42. The van der Waals surface area contributed by atoms with E-state index in [1.165, 1.54) is 0 Å². The predicted octanol–water partition coefficient (Wildman–Crippen LogP) is 4.00. The van der Waals surface area contributed by atoms with Crippen molar-refractivity contribution in [2.45, 2.75) is 48.9 Å². The molecule has 18 heavy (non-hydrogen) atoms. The van der Waals surface area contributed by atoms with Gasteiger partial charge in [-0.1, -0.05) is 0 Å². The fourth-order valence-corrected chi connectivity index (χ4v) is 1.17. The van der Waals surface area contributed by atoms with Crippen molar-refractivity contribution in [2.75, 3.05) is 0 Å². The van der Waals surface area contributed by atoms with Crippen LogP contribution in [0, 0.1) is 0 Å². The van der Waals surface area contributed by atoms with Gasteiger partial charge in [-0.25, -0.2) is 8.78 Å². The normalized spacial score (nSPS) is 37.7. The Morgan fingerprint density at radius 1 is 0.556 bits per heavy atom. The monoisotopic (exact) mass is 292 g/mol. The third kappa shape index (κ3) is 2.03. The summed E-state index contributed by atoms with van der Waals surface area (Å²) >= 11 is 0. The summed E-state index contributed by atoms with van der Waals surface area (Å²) in [6.07, 6.45) is -8.01. The summed E-state index contributed by atoms with van der Waals surface area (Å²) in [4.78, 5) is 0. The molecule has 0 amide bonds. The smallest absolute Gasteiger partial charge is 0.240 e. The van der Waals surface area contributed by atoms with Crippen LogP contribution in [0.15, 0.2) is 0 Å². The number of alkyl halides is 10. The molecular formula is C8H6F10. The van der Waals surface area contributed by atoms with Crippen LogP contribution in [-0.4, -0.2) is 36.0 Å². The van der Waals surface area contributed by atoms with Crippen molar-refractivity contribution in [3.63, 3.8) is 0 Å². The van der Waals surface area contributed by atoms with E-state index in [9.17, 15) is 43.9 Å². The van der Waals surface area contributed by atoms with E-state index >= 15 is 0 Å². The van der Waals surface area contributed by atoms with Crippen molar-refractivity contribution in [1.82, 2.24) is 0 Å². The maximum absolute atomic E-state index is 11.6. The lowest BCUT2D eigenvalue weighted by atomic mass is 9.87. The van der Waals surface area contributed by atoms with Crippen molar-refractivity contribution >= 4 is 0 Å². The highest BCUT2D eigenvalue weighted by Crippen LogP contribution is 2.53. The highest BCUT2D eigenvalue weighted by Gasteiger charge is 2.73. The summed E-state index contributed by atoms with van der Waals surface area (Å²) in [7, 11) is 0. The molecule has 0 spiro atoms. The lowest BCUT2D eigenvalue weighted by Crippen LogP contribution is -2.60. The van der Waals surface area contributed by atoms with Gasteiger partial charge in [0, 0.05) is 0 Å². The average Bonchev–Trinajstić information content (AvgIpc) is 2.17. The Bertz CT molecular complexity index is 290. The quantitative estimate of drug-likeness (QED) is 0.592. The van der Waals surface area contributed by atoms with Crippen LogP contribution in [0.5, 0.6) is 0 Å². The molecule has 2 rings (SSSR count). The fraction of sp³-hybridized carbons (Fsp3) is 1.00. The second kappa shape index (κ2) is 3.89. The van der Waals surface area contributed by atoms with Crippen LogP contribution in [0.2, 0.25) is 0 Å². The summed E-state index contributed by atoms with van der Waals surface area (Å²) in [5.41, 5.74) is 0. The first-order valence-electron chi connectivity index (χ1n) is 4.55. The molecule has 0 aliphatic heterocycles. The van der Waals surface area contributed by atoms with Gasteiger partial charge in [-0.05, 0) is 0 Å². The zero-order chi connectivity index (χ0) is 14.6. The zero-order valence-corrected chi connectivity index (χ0v) is 8.35. The molecule has 0 aromatic carbocycles. The van der Waals surface area contributed by atoms with E-state index in [0.29, 0.717) is 0 Å². The van der Waals surface area contributed by atoms with Gasteiger partial charge in [0.2, 0.25) is 0 Å². The molecule has 0 bridgehead atoms. The Balaban J connectivity index is 0.000000180. The lowest BCUT2D eigenvalue weighted by molar-refractivity contribution is -0.313. The Hall–Kier alpha value is -0.700. The standard InChI is InChI=1S/2C4H3F5/c2*5-2-1-3(6,7)4(2,8)9/h2*2H,1H2. The van der Waals surface area contributed by atoms with E-state index < -0.39 is 48.9 Å². The van der Waals surface area contributed by atoms with Crippen LogP contribution in [0.4, 0.5) is 43.9 Å². The van der Waals surface area contributed by atoms with Crippen molar-refractivity contribution in [2.24, 2.45) is 0 Å². The fourth-order valence-electron chi connectivity index (χ4n) is 1.17. The molecule has 0 nitrogen and oxygen atoms in total. The molecule has 108 valence electrons. The molecule has 0 saturated heterocycles. The van der Waals surface area contributed by atoms with Crippen molar-refractivity contribution in [3.05, 3.63) is 0 Å². The first kappa shape index (κ1) is 15.4. The van der Waals surface area contributed by atoms with Crippen LogP contribution in [0.1, 0.15) is 12.8 Å². The first-order valence-corrected chi connectivity index (χ1v) is 4.55. The summed E-state index contributed by atoms with van der Waals surface area (Å²) in [6.45, 7) is 0. The maximum atomic E-state index is 11.6. The lowest BCUT2D eigenvalue weighted by Gasteiger charge is -2.38. The van der Waals surface area contributed by atoms with Gasteiger partial charge in [-0.2, -0.15) is 35.1 Å². The van der Waals surface area contributed by atoms with Crippen LogP contribution < -0.4 is 0 Å². The molecule has 2 atom stereocenters. The van der Waals surface area contributed by atoms with Gasteiger partial charge >= 0.3 is 23.7 Å². The molecular weight excluding hydrogens is 286 g/mol. The van der Waals surface area contributed by atoms with Gasteiger partial charge < -0.3 is 0 Å². The van der Waals surface area contributed by atoms with Gasteiger partial charge in [0.05, 0.1) is 12.8 Å². The SMILES string of the molecule is FC1CC(F)(F)C1(F)F.FC1CC(F)(F)C1(F)F. The molecule has 2 aliphatic rings. The van der Waals surface area contributed by atoms with E-state index in [4.69, 9.17) is 0 Å². The summed E-state index contributed by atoms with van der Waals surface area (Å²) < 4.78 is 116. The molecule has 0 aromatic rings. The Kier molecular flexibility index (Phi) is 3.32. The number of hydrogen-bond acceptors (Lipinski definition) is 0. The van der Waals surface area contributed by atoms with Gasteiger partial charge in [0.25, 0.3) is 0 Å². The van der Waals surface area contributed by atoms with Gasteiger partial charge in [-0.15, -0.1) is 0 Å². The third-order valence-corrected chi connectivity index (χ3v) is 2.63. The van der Waals surface area contributed by atoms with Crippen molar-refractivity contribution in [3.8, 4) is 0 Å². The highest BCUT2D eigenvalue weighted by molar-refractivity contribution is 5.04. The predicted molar refractivity (Wildman–Crippen MR) is 38.8 cm³/mol. The topological polar surface area (TPSA) is 0 Å². The molecule has 2 fully saturated rings. The minimum Gasteiger partial charge on any atom is -0.240 e. The van der Waals surface area contributed by atoms with Crippen LogP contribution in [0.25, 0.3) is 0 Å². The number of hydrogen-bond donors (Lipinski definition) is 0. The molecule has 0 heterocycles. The van der Waals surface area contributed by atoms with E-state index in [1.807, 2.05) is 0 Å². The molecule has 0 aromatic heterocycles. The minimum absolute atomic E-state index is 1.35. The Labute approximate surface area is 93.9 Å². The van der Waals surface area contributed by atoms with Crippen molar-refractivity contribution < 1.29 is 43.9 Å². The first-order chi connectivity index (χ1) is 7.76. The number of halogens is 10. The average molecular weight is 292 g/mol.